The van der Waals surface area contributed by atoms with Crippen molar-refractivity contribution in [2.45, 2.75) is 26.2 Å². The van der Waals surface area contributed by atoms with Crippen LogP contribution >= 0.6 is 0 Å². The Balaban J connectivity index is 2.64. The summed E-state index contributed by atoms with van der Waals surface area (Å²) >= 11 is 0. The molecule has 1 N–H and O–H groups in total. The first-order chi connectivity index (χ1) is 8.39. The lowest BCUT2D eigenvalue weighted by Crippen LogP contribution is -2.48. The van der Waals surface area contributed by atoms with Gasteiger partial charge in [0, 0.05) is 33.7 Å². The number of piperidine rings is 1. The molecule has 0 aromatic carbocycles. The molecular weight excluding hydrogens is 254 g/mol. The predicted octanol–water partition coefficient (Wildman–Crippen LogP) is 0.0310. The van der Waals surface area contributed by atoms with Crippen LogP contribution in [-0.4, -0.2) is 56.7 Å². The second kappa shape index (κ2) is 6.49. The van der Waals surface area contributed by atoms with Gasteiger partial charge in [0.15, 0.2) is 0 Å². The minimum Gasteiger partial charge on any atom is -0.356 e. The summed E-state index contributed by atoms with van der Waals surface area (Å²) in [6.45, 7) is 3.42. The van der Waals surface area contributed by atoms with Crippen molar-refractivity contribution >= 4 is 16.1 Å². The van der Waals surface area contributed by atoms with Crippen LogP contribution in [0, 0.1) is 5.92 Å². The second-order valence-electron chi connectivity index (χ2n) is 4.78. The van der Waals surface area contributed by atoms with E-state index in [4.69, 9.17) is 0 Å². The third kappa shape index (κ3) is 3.66. The van der Waals surface area contributed by atoms with Crippen LogP contribution in [0.5, 0.6) is 0 Å². The molecule has 0 unspecified atom stereocenters. The van der Waals surface area contributed by atoms with Gasteiger partial charge >= 0.3 is 0 Å². The van der Waals surface area contributed by atoms with Crippen LogP contribution in [0.3, 0.4) is 0 Å². The largest absolute Gasteiger partial charge is 0.356 e. The van der Waals surface area contributed by atoms with Crippen LogP contribution in [0.2, 0.25) is 0 Å². The molecule has 0 saturated carbocycles. The van der Waals surface area contributed by atoms with Gasteiger partial charge in [-0.25, -0.2) is 0 Å². The molecule has 0 bridgehead atoms. The van der Waals surface area contributed by atoms with Crippen molar-refractivity contribution < 1.29 is 13.2 Å². The molecule has 0 radical (unpaired) electrons. The number of nitrogens with one attached hydrogen (secondary N) is 1. The van der Waals surface area contributed by atoms with E-state index < -0.39 is 10.2 Å². The monoisotopic (exact) mass is 277 g/mol. The summed E-state index contributed by atoms with van der Waals surface area (Å²) in [6, 6.07) is 0. The van der Waals surface area contributed by atoms with Crippen LogP contribution in [0.1, 0.15) is 26.2 Å². The minimum absolute atomic E-state index is 0.0319. The van der Waals surface area contributed by atoms with Gasteiger partial charge in [0.25, 0.3) is 10.2 Å². The van der Waals surface area contributed by atoms with Crippen molar-refractivity contribution in [3.05, 3.63) is 0 Å². The van der Waals surface area contributed by atoms with E-state index in [0.717, 1.165) is 19.3 Å². The van der Waals surface area contributed by atoms with Crippen LogP contribution < -0.4 is 5.32 Å². The Bertz CT molecular complexity index is 381. The molecule has 0 aliphatic carbocycles. The van der Waals surface area contributed by atoms with Gasteiger partial charge < -0.3 is 5.32 Å². The minimum atomic E-state index is -3.40. The molecule has 1 heterocycles. The third-order valence-corrected chi connectivity index (χ3v) is 5.00. The molecule has 6 nitrogen and oxygen atoms in total. The summed E-state index contributed by atoms with van der Waals surface area (Å²) in [5.74, 6) is -0.254. The number of carbonyl (C=O) groups excluding carboxylic acids is 1. The first-order valence-corrected chi connectivity index (χ1v) is 7.74. The third-order valence-electron chi connectivity index (χ3n) is 3.09. The van der Waals surface area contributed by atoms with Gasteiger partial charge in [0.05, 0.1) is 5.92 Å². The summed E-state index contributed by atoms with van der Waals surface area (Å²) in [7, 11) is -0.380. The standard InChI is InChI=1S/C11H23N3O3S/c1-4-7-12-11(15)10-6-5-8-14(9-10)18(16,17)13(2)3/h10H,4-9H2,1-3H3,(H,12,15)/t10-/m0/s1. The second-order valence-corrected chi connectivity index (χ2v) is 6.92. The lowest BCUT2D eigenvalue weighted by atomic mass is 9.99. The molecule has 1 aliphatic heterocycles. The van der Waals surface area contributed by atoms with Gasteiger partial charge in [-0.3, -0.25) is 4.79 Å². The molecular formula is C11H23N3O3S. The summed E-state index contributed by atoms with van der Waals surface area (Å²) in [5, 5.41) is 2.83. The van der Waals surface area contributed by atoms with Crippen molar-refractivity contribution in [1.29, 1.82) is 0 Å². The lowest BCUT2D eigenvalue weighted by Gasteiger charge is -2.32. The molecule has 1 fully saturated rings. The quantitative estimate of drug-likeness (QED) is 0.771. The van der Waals surface area contributed by atoms with E-state index in [-0.39, 0.29) is 18.4 Å². The van der Waals surface area contributed by atoms with Gasteiger partial charge in [-0.05, 0) is 19.3 Å². The Morgan fingerprint density at radius 3 is 2.67 bits per heavy atom. The maximum atomic E-state index is 12.0. The van der Waals surface area contributed by atoms with E-state index in [1.807, 2.05) is 6.92 Å². The van der Waals surface area contributed by atoms with Crippen LogP contribution in [0.25, 0.3) is 0 Å². The van der Waals surface area contributed by atoms with Crippen molar-refractivity contribution in [2.75, 3.05) is 33.7 Å². The van der Waals surface area contributed by atoms with E-state index in [2.05, 4.69) is 5.32 Å². The molecule has 0 aromatic heterocycles. The molecule has 7 heteroatoms. The maximum Gasteiger partial charge on any atom is 0.281 e. The normalized spacial score (nSPS) is 22.1. The average Bonchev–Trinajstić information content (AvgIpc) is 2.35. The number of carbonyl (C=O) groups is 1. The summed E-state index contributed by atoms with van der Waals surface area (Å²) in [4.78, 5) is 11.9. The zero-order valence-corrected chi connectivity index (χ0v) is 12.2. The Labute approximate surface area is 110 Å². The fourth-order valence-corrected chi connectivity index (χ4v) is 3.18. The molecule has 1 saturated heterocycles. The number of hydrogen-bond acceptors (Lipinski definition) is 3. The zero-order chi connectivity index (χ0) is 13.8. The maximum absolute atomic E-state index is 12.0. The van der Waals surface area contributed by atoms with Gasteiger partial charge in [0.1, 0.15) is 0 Å². The SMILES string of the molecule is CCCNC(=O)[C@H]1CCCN(S(=O)(=O)N(C)C)C1. The van der Waals surface area contributed by atoms with E-state index in [1.165, 1.54) is 22.7 Å². The Hall–Kier alpha value is -0.660. The molecule has 0 spiro atoms. The topological polar surface area (TPSA) is 69.7 Å². The predicted molar refractivity (Wildman–Crippen MR) is 70.2 cm³/mol. The lowest BCUT2D eigenvalue weighted by molar-refractivity contribution is -0.126. The van der Waals surface area contributed by atoms with Crippen LogP contribution in [0.15, 0.2) is 0 Å². The average molecular weight is 277 g/mol. The first-order valence-electron chi connectivity index (χ1n) is 6.35. The van der Waals surface area contributed by atoms with Crippen LogP contribution in [-0.2, 0) is 15.0 Å². The molecule has 0 aromatic rings. The highest BCUT2D eigenvalue weighted by molar-refractivity contribution is 7.86. The fraction of sp³-hybridized carbons (Fsp3) is 0.909. The summed E-state index contributed by atoms with van der Waals surface area (Å²) in [5.41, 5.74) is 0. The Morgan fingerprint density at radius 1 is 1.44 bits per heavy atom. The summed E-state index contributed by atoms with van der Waals surface area (Å²) < 4.78 is 26.6. The molecule has 1 aliphatic rings. The molecule has 1 rings (SSSR count). The summed E-state index contributed by atoms with van der Waals surface area (Å²) in [6.07, 6.45) is 2.38. The van der Waals surface area contributed by atoms with Gasteiger partial charge in [0.2, 0.25) is 5.91 Å². The van der Waals surface area contributed by atoms with Crippen LogP contribution in [0.4, 0.5) is 0 Å². The number of nitrogens with zero attached hydrogens (tertiary/aromatic N) is 2. The molecule has 1 amide bonds. The van der Waals surface area contributed by atoms with Crippen molar-refractivity contribution in [2.24, 2.45) is 5.92 Å². The van der Waals surface area contributed by atoms with Crippen molar-refractivity contribution in [1.82, 2.24) is 13.9 Å². The van der Waals surface area contributed by atoms with Gasteiger partial charge in [-0.1, -0.05) is 6.92 Å². The molecule has 106 valence electrons. The van der Waals surface area contributed by atoms with E-state index in [9.17, 15) is 13.2 Å². The van der Waals surface area contributed by atoms with E-state index in [1.54, 1.807) is 0 Å². The van der Waals surface area contributed by atoms with Crippen molar-refractivity contribution in [3.8, 4) is 0 Å². The number of amides is 1. The highest BCUT2D eigenvalue weighted by atomic mass is 32.2. The van der Waals surface area contributed by atoms with E-state index in [0.29, 0.717) is 13.1 Å². The highest BCUT2D eigenvalue weighted by Gasteiger charge is 2.33. The van der Waals surface area contributed by atoms with Gasteiger partial charge in [-0.2, -0.15) is 17.0 Å². The fourth-order valence-electron chi connectivity index (χ4n) is 1.99. The smallest absolute Gasteiger partial charge is 0.281 e. The Kier molecular flexibility index (Phi) is 5.55. The highest BCUT2D eigenvalue weighted by Crippen LogP contribution is 2.20. The molecule has 18 heavy (non-hydrogen) atoms. The zero-order valence-electron chi connectivity index (χ0n) is 11.3. The van der Waals surface area contributed by atoms with Crippen molar-refractivity contribution in [3.63, 3.8) is 0 Å². The first kappa shape index (κ1) is 15.4. The van der Waals surface area contributed by atoms with Gasteiger partial charge in [-0.15, -0.1) is 0 Å². The Morgan fingerprint density at radius 2 is 2.11 bits per heavy atom. The number of rotatable bonds is 5. The number of hydrogen-bond donors (Lipinski definition) is 1. The van der Waals surface area contributed by atoms with E-state index >= 15 is 0 Å². The molecule has 1 atom stereocenters.